The van der Waals surface area contributed by atoms with Crippen LogP contribution < -0.4 is 0 Å². The van der Waals surface area contributed by atoms with Crippen molar-refractivity contribution in [2.75, 3.05) is 0 Å². The fourth-order valence-electron chi connectivity index (χ4n) is 1.22. The average molecular weight is 303 g/mol. The highest BCUT2D eigenvalue weighted by molar-refractivity contribution is 7.93. The molecule has 2 unspecified atom stereocenters. The molecule has 0 heterocycles. The van der Waals surface area contributed by atoms with E-state index >= 15 is 0 Å². The van der Waals surface area contributed by atoms with Crippen LogP contribution in [-0.4, -0.2) is 24.3 Å². The highest BCUT2D eigenvalue weighted by Gasteiger charge is 2.33. The summed E-state index contributed by atoms with van der Waals surface area (Å²) in [4.78, 5) is -0.364. The van der Waals surface area contributed by atoms with Crippen LogP contribution in [0.2, 0.25) is 0 Å². The Bertz CT molecular complexity index is 508. The molecule has 0 spiro atoms. The second-order valence-electron chi connectivity index (χ2n) is 3.66. The van der Waals surface area contributed by atoms with Gasteiger partial charge in [-0.15, -0.1) is 11.6 Å². The number of alkyl halides is 4. The molecule has 1 rings (SSSR count). The number of aliphatic hydroxyl groups is 1. The van der Waals surface area contributed by atoms with Gasteiger partial charge in [0.2, 0.25) is 0 Å². The van der Waals surface area contributed by atoms with Gasteiger partial charge in [0.05, 0.1) is 16.6 Å². The van der Waals surface area contributed by atoms with E-state index in [-0.39, 0.29) is 4.90 Å². The summed E-state index contributed by atoms with van der Waals surface area (Å²) in [5.74, 6) is 0. The molecule has 18 heavy (non-hydrogen) atoms. The summed E-state index contributed by atoms with van der Waals surface area (Å²) in [5.41, 5.74) is -0.954. The lowest BCUT2D eigenvalue weighted by molar-refractivity contribution is -0.137. The number of sulfone groups is 1. The van der Waals surface area contributed by atoms with Crippen LogP contribution in [0.15, 0.2) is 29.2 Å². The van der Waals surface area contributed by atoms with Crippen molar-refractivity contribution in [3.63, 3.8) is 0 Å². The van der Waals surface area contributed by atoms with Crippen LogP contribution in [0.4, 0.5) is 13.2 Å². The van der Waals surface area contributed by atoms with Gasteiger partial charge in [-0.2, -0.15) is 13.2 Å². The summed E-state index contributed by atoms with van der Waals surface area (Å²) >= 11 is 5.51. The number of halogens is 4. The Balaban J connectivity index is 3.14. The SMILES string of the molecule is CC(O)C(Cl)S(=O)(=O)c1ccc(C(F)(F)F)cc1. The predicted molar refractivity (Wildman–Crippen MR) is 60.0 cm³/mol. The molecule has 1 aromatic rings. The largest absolute Gasteiger partial charge is 0.416 e. The third kappa shape index (κ3) is 3.15. The first-order chi connectivity index (χ1) is 8.06. The van der Waals surface area contributed by atoms with E-state index in [9.17, 15) is 21.6 Å². The van der Waals surface area contributed by atoms with Gasteiger partial charge in [0, 0.05) is 0 Å². The molecule has 0 aromatic heterocycles. The molecule has 0 saturated heterocycles. The molecule has 8 heteroatoms. The summed E-state index contributed by atoms with van der Waals surface area (Å²) in [6.45, 7) is 1.18. The molecule has 102 valence electrons. The molecule has 3 nitrogen and oxygen atoms in total. The third-order valence-electron chi connectivity index (χ3n) is 2.19. The van der Waals surface area contributed by atoms with E-state index in [1.807, 2.05) is 0 Å². The zero-order chi connectivity index (χ0) is 14.1. The first kappa shape index (κ1) is 15.3. The Morgan fingerprint density at radius 1 is 1.22 bits per heavy atom. The molecule has 0 radical (unpaired) electrons. The molecule has 0 aliphatic rings. The van der Waals surface area contributed by atoms with Crippen LogP contribution in [0, 0.1) is 0 Å². The van der Waals surface area contributed by atoms with E-state index in [0.29, 0.717) is 12.1 Å². The fourth-order valence-corrected chi connectivity index (χ4v) is 2.83. The van der Waals surface area contributed by atoms with Crippen LogP contribution in [0.3, 0.4) is 0 Å². The minimum atomic E-state index is -4.53. The first-order valence-corrected chi connectivity index (χ1v) is 6.78. The van der Waals surface area contributed by atoms with Gasteiger partial charge in [0.1, 0.15) is 0 Å². The maximum absolute atomic E-state index is 12.3. The molecule has 0 aliphatic heterocycles. The van der Waals surface area contributed by atoms with Gasteiger partial charge in [-0.05, 0) is 31.2 Å². The quantitative estimate of drug-likeness (QED) is 0.873. The Labute approximate surface area is 107 Å². The number of benzene rings is 1. The standard InChI is InChI=1S/C10H10ClF3O3S/c1-6(15)9(11)18(16,17)8-4-2-7(3-5-8)10(12,13)14/h2-6,9,15H,1H3. The van der Waals surface area contributed by atoms with Crippen molar-refractivity contribution in [2.45, 2.75) is 28.8 Å². The molecule has 0 saturated carbocycles. The van der Waals surface area contributed by atoms with Crippen molar-refractivity contribution in [1.82, 2.24) is 0 Å². The highest BCUT2D eigenvalue weighted by Crippen LogP contribution is 2.30. The zero-order valence-electron chi connectivity index (χ0n) is 9.15. The van der Waals surface area contributed by atoms with E-state index < -0.39 is 32.4 Å². The summed E-state index contributed by atoms with van der Waals surface area (Å²) in [6, 6.07) is 2.93. The molecule has 2 atom stereocenters. The third-order valence-corrected chi connectivity index (χ3v) is 5.17. The maximum atomic E-state index is 12.3. The van der Waals surface area contributed by atoms with Gasteiger partial charge in [-0.3, -0.25) is 0 Å². The van der Waals surface area contributed by atoms with Crippen molar-refractivity contribution >= 4 is 21.4 Å². The highest BCUT2D eigenvalue weighted by atomic mass is 35.5. The minimum absolute atomic E-state index is 0.364. The van der Waals surface area contributed by atoms with Gasteiger partial charge >= 0.3 is 6.18 Å². The fraction of sp³-hybridized carbons (Fsp3) is 0.400. The summed E-state index contributed by atoms with van der Waals surface area (Å²) < 4.78 is 58.8. The zero-order valence-corrected chi connectivity index (χ0v) is 10.7. The molecule has 0 bridgehead atoms. The number of hydrogen-bond acceptors (Lipinski definition) is 3. The van der Waals surface area contributed by atoms with Crippen LogP contribution in [0.1, 0.15) is 12.5 Å². The smallest absolute Gasteiger partial charge is 0.391 e. The van der Waals surface area contributed by atoms with Gasteiger partial charge in [0.25, 0.3) is 0 Å². The van der Waals surface area contributed by atoms with Gasteiger partial charge < -0.3 is 5.11 Å². The number of aliphatic hydroxyl groups excluding tert-OH is 1. The Hall–Kier alpha value is -0.790. The van der Waals surface area contributed by atoms with Crippen molar-refractivity contribution in [3.05, 3.63) is 29.8 Å². The van der Waals surface area contributed by atoms with Gasteiger partial charge in [-0.25, -0.2) is 8.42 Å². The predicted octanol–water partition coefficient (Wildman–Crippen LogP) is 2.42. The Kier molecular flexibility index (Phi) is 4.30. The molecule has 0 fully saturated rings. The maximum Gasteiger partial charge on any atom is 0.416 e. The first-order valence-electron chi connectivity index (χ1n) is 4.80. The second-order valence-corrected chi connectivity index (χ2v) is 6.46. The Morgan fingerprint density at radius 2 is 1.67 bits per heavy atom. The number of rotatable bonds is 3. The lowest BCUT2D eigenvalue weighted by Gasteiger charge is -2.14. The molecule has 1 N–H and O–H groups in total. The molecular formula is C10H10ClF3O3S. The van der Waals surface area contributed by atoms with E-state index in [1.54, 1.807) is 0 Å². The van der Waals surface area contributed by atoms with Crippen molar-refractivity contribution in [1.29, 1.82) is 0 Å². The number of hydrogen-bond donors (Lipinski definition) is 1. The minimum Gasteiger partial charge on any atom is -0.391 e. The summed E-state index contributed by atoms with van der Waals surface area (Å²) in [5, 5.41) is 9.11. The molecule has 0 aliphatic carbocycles. The van der Waals surface area contributed by atoms with Crippen molar-refractivity contribution < 1.29 is 26.7 Å². The lowest BCUT2D eigenvalue weighted by Crippen LogP contribution is -2.26. The van der Waals surface area contributed by atoms with Crippen LogP contribution >= 0.6 is 11.6 Å². The lowest BCUT2D eigenvalue weighted by atomic mass is 10.2. The topological polar surface area (TPSA) is 54.4 Å². The van der Waals surface area contributed by atoms with E-state index in [2.05, 4.69) is 0 Å². The molecule has 1 aromatic carbocycles. The summed E-state index contributed by atoms with van der Waals surface area (Å²) in [6.07, 6.45) is -5.87. The summed E-state index contributed by atoms with van der Waals surface area (Å²) in [7, 11) is -4.05. The van der Waals surface area contributed by atoms with Crippen LogP contribution in [0.5, 0.6) is 0 Å². The molecule has 0 amide bonds. The van der Waals surface area contributed by atoms with Crippen LogP contribution in [0.25, 0.3) is 0 Å². The molecular weight excluding hydrogens is 293 g/mol. The second kappa shape index (κ2) is 5.07. The Morgan fingerprint density at radius 3 is 2.00 bits per heavy atom. The normalized spacial score (nSPS) is 16.3. The van der Waals surface area contributed by atoms with E-state index in [4.69, 9.17) is 16.7 Å². The van der Waals surface area contributed by atoms with E-state index in [0.717, 1.165) is 12.1 Å². The van der Waals surface area contributed by atoms with Crippen LogP contribution in [-0.2, 0) is 16.0 Å². The van der Waals surface area contributed by atoms with Gasteiger partial charge in [-0.1, -0.05) is 0 Å². The van der Waals surface area contributed by atoms with E-state index in [1.165, 1.54) is 6.92 Å². The monoisotopic (exact) mass is 302 g/mol. The van der Waals surface area contributed by atoms with Gasteiger partial charge in [0.15, 0.2) is 14.5 Å². The average Bonchev–Trinajstić information content (AvgIpc) is 2.26. The van der Waals surface area contributed by atoms with Crippen molar-refractivity contribution in [2.24, 2.45) is 0 Å². The van der Waals surface area contributed by atoms with Crippen molar-refractivity contribution in [3.8, 4) is 0 Å².